The molecule has 1 amide bonds. The van der Waals surface area contributed by atoms with Crippen LogP contribution in [0, 0.1) is 0 Å². The summed E-state index contributed by atoms with van der Waals surface area (Å²) in [4.78, 5) is 16.9. The third kappa shape index (κ3) is 6.06. The van der Waals surface area contributed by atoms with Crippen molar-refractivity contribution in [3.63, 3.8) is 0 Å². The van der Waals surface area contributed by atoms with E-state index in [4.69, 9.17) is 23.2 Å². The number of benzene rings is 2. The molecule has 0 aliphatic carbocycles. The second kappa shape index (κ2) is 8.98. The van der Waals surface area contributed by atoms with E-state index in [2.05, 4.69) is 10.3 Å². The Bertz CT molecular complexity index is 1060. The fraction of sp³-hybridized carbons (Fsp3) is 0.100. The fourth-order valence-electron chi connectivity index (χ4n) is 2.44. The van der Waals surface area contributed by atoms with Gasteiger partial charge < -0.3 is 0 Å². The highest BCUT2D eigenvalue weighted by Crippen LogP contribution is 2.30. The van der Waals surface area contributed by atoms with Crippen molar-refractivity contribution in [2.24, 2.45) is 0 Å². The van der Waals surface area contributed by atoms with Crippen LogP contribution in [-0.2, 0) is 17.4 Å². The van der Waals surface area contributed by atoms with E-state index in [1.54, 1.807) is 30.3 Å². The molecule has 0 unspecified atom stereocenters. The molecule has 0 saturated carbocycles. The Kier molecular flexibility index (Phi) is 6.62. The van der Waals surface area contributed by atoms with Crippen LogP contribution in [0.3, 0.4) is 0 Å². The number of carbonyl (C=O) groups is 1. The number of aromatic nitrogens is 1. The van der Waals surface area contributed by atoms with E-state index in [1.807, 2.05) is 0 Å². The Morgan fingerprint density at radius 1 is 1.14 bits per heavy atom. The van der Waals surface area contributed by atoms with Crippen LogP contribution in [0.5, 0.6) is 0 Å². The minimum Gasteiger partial charge on any atom is -0.298 e. The van der Waals surface area contributed by atoms with Gasteiger partial charge in [-0.15, -0.1) is 11.3 Å². The SMILES string of the molecule is O=C(C=Cc1ccc(Cl)c(Cl)c1)Nc1ncc(Cc2cccc(C(F)(F)F)c2)s1. The molecule has 1 N–H and O–H groups in total. The van der Waals surface area contributed by atoms with Crippen LogP contribution in [0.25, 0.3) is 6.08 Å². The third-order valence-electron chi connectivity index (χ3n) is 3.79. The van der Waals surface area contributed by atoms with Gasteiger partial charge in [0.05, 0.1) is 15.6 Å². The molecule has 0 atom stereocenters. The molecule has 9 heteroatoms. The summed E-state index contributed by atoms with van der Waals surface area (Å²) in [6.07, 6.45) is 0.339. The minimum absolute atomic E-state index is 0.288. The van der Waals surface area contributed by atoms with Crippen molar-refractivity contribution < 1.29 is 18.0 Å². The molecular formula is C20H13Cl2F3N2OS. The van der Waals surface area contributed by atoms with E-state index in [9.17, 15) is 18.0 Å². The molecule has 29 heavy (non-hydrogen) atoms. The maximum absolute atomic E-state index is 12.8. The Labute approximate surface area is 178 Å². The van der Waals surface area contributed by atoms with Crippen molar-refractivity contribution in [1.82, 2.24) is 4.98 Å². The Morgan fingerprint density at radius 2 is 1.93 bits per heavy atom. The molecule has 0 spiro atoms. The second-order valence-electron chi connectivity index (χ2n) is 6.00. The number of nitrogens with zero attached hydrogens (tertiary/aromatic N) is 1. The van der Waals surface area contributed by atoms with Crippen molar-refractivity contribution in [1.29, 1.82) is 0 Å². The first kappa shape index (κ1) is 21.4. The summed E-state index contributed by atoms with van der Waals surface area (Å²) in [7, 11) is 0. The van der Waals surface area contributed by atoms with Crippen LogP contribution in [0.15, 0.2) is 54.7 Å². The highest BCUT2D eigenvalue weighted by molar-refractivity contribution is 7.15. The number of alkyl halides is 3. The van der Waals surface area contributed by atoms with Crippen molar-refractivity contribution in [2.75, 3.05) is 5.32 Å². The number of hydrogen-bond donors (Lipinski definition) is 1. The summed E-state index contributed by atoms with van der Waals surface area (Å²) in [6, 6.07) is 10.1. The second-order valence-corrected chi connectivity index (χ2v) is 7.93. The van der Waals surface area contributed by atoms with Gasteiger partial charge in [0.25, 0.3) is 0 Å². The van der Waals surface area contributed by atoms with Gasteiger partial charge in [-0.1, -0.05) is 47.5 Å². The standard InChI is InChI=1S/C20H13Cl2F3N2OS/c21-16-6-4-12(10-17(16)22)5-7-18(28)27-19-26-11-15(29-19)9-13-2-1-3-14(8-13)20(23,24)25/h1-8,10-11H,9H2,(H,26,27,28). The zero-order valence-electron chi connectivity index (χ0n) is 14.6. The summed E-state index contributed by atoms with van der Waals surface area (Å²) < 4.78 is 38.4. The normalized spacial score (nSPS) is 11.8. The smallest absolute Gasteiger partial charge is 0.298 e. The highest BCUT2D eigenvalue weighted by Gasteiger charge is 2.30. The van der Waals surface area contributed by atoms with Gasteiger partial charge in [0.2, 0.25) is 5.91 Å². The molecule has 2 aromatic carbocycles. The average Bonchev–Trinajstić information content (AvgIpc) is 3.09. The molecule has 0 aliphatic rings. The molecule has 0 radical (unpaired) electrons. The number of carbonyl (C=O) groups excluding carboxylic acids is 1. The highest BCUT2D eigenvalue weighted by atomic mass is 35.5. The number of hydrogen-bond acceptors (Lipinski definition) is 3. The molecule has 1 aromatic heterocycles. The maximum atomic E-state index is 12.8. The fourth-order valence-corrected chi connectivity index (χ4v) is 3.60. The molecule has 0 fully saturated rings. The monoisotopic (exact) mass is 456 g/mol. The predicted octanol–water partition coefficient (Wildman–Crippen LogP) is 6.71. The van der Waals surface area contributed by atoms with E-state index >= 15 is 0 Å². The van der Waals surface area contributed by atoms with Gasteiger partial charge >= 0.3 is 6.18 Å². The zero-order valence-corrected chi connectivity index (χ0v) is 17.0. The van der Waals surface area contributed by atoms with Gasteiger partial charge in [0.15, 0.2) is 5.13 Å². The van der Waals surface area contributed by atoms with Gasteiger partial charge in [-0.05, 0) is 35.4 Å². The largest absolute Gasteiger partial charge is 0.416 e. The first-order valence-corrected chi connectivity index (χ1v) is 9.83. The van der Waals surface area contributed by atoms with Gasteiger partial charge in [-0.2, -0.15) is 13.2 Å². The quantitative estimate of drug-likeness (QED) is 0.433. The molecule has 150 valence electrons. The van der Waals surface area contributed by atoms with Crippen molar-refractivity contribution >= 4 is 51.7 Å². The van der Waals surface area contributed by atoms with E-state index < -0.39 is 17.6 Å². The van der Waals surface area contributed by atoms with Crippen molar-refractivity contribution in [3.05, 3.63) is 86.4 Å². The van der Waals surface area contributed by atoms with Crippen LogP contribution in [-0.4, -0.2) is 10.9 Å². The molecule has 1 heterocycles. The summed E-state index contributed by atoms with van der Waals surface area (Å²) >= 11 is 13.0. The van der Waals surface area contributed by atoms with Crippen LogP contribution < -0.4 is 5.32 Å². The first-order chi connectivity index (χ1) is 13.7. The van der Waals surface area contributed by atoms with Crippen LogP contribution in [0.1, 0.15) is 21.6 Å². The van der Waals surface area contributed by atoms with Gasteiger partial charge in [0, 0.05) is 23.6 Å². The summed E-state index contributed by atoms with van der Waals surface area (Å²) in [5, 5.41) is 3.78. The minimum atomic E-state index is -4.39. The maximum Gasteiger partial charge on any atom is 0.416 e. The van der Waals surface area contributed by atoms with Gasteiger partial charge in [-0.3, -0.25) is 10.1 Å². The Hall–Kier alpha value is -2.35. The zero-order chi connectivity index (χ0) is 21.0. The number of nitrogens with one attached hydrogen (secondary N) is 1. The van der Waals surface area contributed by atoms with Crippen molar-refractivity contribution in [2.45, 2.75) is 12.6 Å². The van der Waals surface area contributed by atoms with E-state index in [-0.39, 0.29) is 6.42 Å². The molecule has 3 rings (SSSR count). The molecule has 3 nitrogen and oxygen atoms in total. The Morgan fingerprint density at radius 3 is 2.66 bits per heavy atom. The molecule has 0 saturated heterocycles. The first-order valence-electron chi connectivity index (χ1n) is 8.25. The molecule has 3 aromatic rings. The number of halogens is 5. The number of thiazole rings is 1. The molecular weight excluding hydrogens is 444 g/mol. The van der Waals surface area contributed by atoms with E-state index in [0.717, 1.165) is 17.0 Å². The van der Waals surface area contributed by atoms with Crippen LogP contribution in [0.4, 0.5) is 18.3 Å². The lowest BCUT2D eigenvalue weighted by Gasteiger charge is -2.07. The van der Waals surface area contributed by atoms with Gasteiger partial charge in [-0.25, -0.2) is 4.98 Å². The predicted molar refractivity (Wildman–Crippen MR) is 110 cm³/mol. The lowest BCUT2D eigenvalue weighted by atomic mass is 10.1. The van der Waals surface area contributed by atoms with Gasteiger partial charge in [0.1, 0.15) is 0 Å². The lowest BCUT2D eigenvalue weighted by molar-refractivity contribution is -0.137. The summed E-state index contributed by atoms with van der Waals surface area (Å²) in [5.74, 6) is -0.393. The Balaban J connectivity index is 1.62. The lowest BCUT2D eigenvalue weighted by Crippen LogP contribution is -2.07. The van der Waals surface area contributed by atoms with E-state index in [1.165, 1.54) is 29.7 Å². The number of amides is 1. The third-order valence-corrected chi connectivity index (χ3v) is 5.44. The molecule has 0 bridgehead atoms. The topological polar surface area (TPSA) is 42.0 Å². The van der Waals surface area contributed by atoms with Crippen LogP contribution in [0.2, 0.25) is 10.0 Å². The summed E-state index contributed by atoms with van der Waals surface area (Å²) in [5.41, 5.74) is 0.528. The van der Waals surface area contributed by atoms with Crippen molar-refractivity contribution in [3.8, 4) is 0 Å². The molecule has 0 aliphatic heterocycles. The average molecular weight is 457 g/mol. The number of anilines is 1. The summed E-state index contributed by atoms with van der Waals surface area (Å²) in [6.45, 7) is 0. The van der Waals surface area contributed by atoms with Crippen LogP contribution >= 0.6 is 34.5 Å². The van der Waals surface area contributed by atoms with E-state index in [0.29, 0.717) is 26.3 Å². The number of rotatable bonds is 5.